The lowest BCUT2D eigenvalue weighted by Gasteiger charge is -2.32. The molecule has 2 atom stereocenters. The van der Waals surface area contributed by atoms with Crippen LogP contribution in [0, 0.1) is 5.82 Å². The topological polar surface area (TPSA) is 32.3 Å². The zero-order valence-electron chi connectivity index (χ0n) is 10.2. The van der Waals surface area contributed by atoms with Gasteiger partial charge in [0.1, 0.15) is 5.82 Å². The lowest BCUT2D eigenvalue weighted by molar-refractivity contribution is -0.124. The van der Waals surface area contributed by atoms with Crippen molar-refractivity contribution in [1.29, 1.82) is 0 Å². The van der Waals surface area contributed by atoms with Crippen molar-refractivity contribution in [2.75, 3.05) is 6.54 Å². The molecule has 0 aromatic heterocycles. The normalized spacial score (nSPS) is 27.9. The monoisotopic (exact) mass is 248 g/mol. The number of amides is 1. The number of nitrogens with one attached hydrogen (secondary N) is 1. The Morgan fingerprint density at radius 3 is 2.83 bits per heavy atom. The average Bonchev–Trinajstić information content (AvgIpc) is 2.74. The Hall–Kier alpha value is -1.42. The summed E-state index contributed by atoms with van der Waals surface area (Å²) in [5, 5.41) is 3.06. The Labute approximate surface area is 106 Å². The summed E-state index contributed by atoms with van der Waals surface area (Å²) in [4.78, 5) is 13.7. The van der Waals surface area contributed by atoms with Crippen molar-refractivity contribution < 1.29 is 9.18 Å². The van der Waals surface area contributed by atoms with Gasteiger partial charge in [0.15, 0.2) is 0 Å². The van der Waals surface area contributed by atoms with E-state index in [1.807, 2.05) is 12.1 Å². The molecule has 2 aliphatic rings. The van der Waals surface area contributed by atoms with Crippen molar-refractivity contribution in [3.05, 3.63) is 35.6 Å². The van der Waals surface area contributed by atoms with Crippen LogP contribution in [0.25, 0.3) is 0 Å². The smallest absolute Gasteiger partial charge is 0.220 e. The summed E-state index contributed by atoms with van der Waals surface area (Å²) < 4.78 is 12.9. The molecule has 96 valence electrons. The van der Waals surface area contributed by atoms with Gasteiger partial charge in [-0.25, -0.2) is 4.39 Å². The van der Waals surface area contributed by atoms with Gasteiger partial charge in [0, 0.05) is 31.6 Å². The second-order valence-electron chi connectivity index (χ2n) is 5.17. The predicted molar refractivity (Wildman–Crippen MR) is 66.4 cm³/mol. The van der Waals surface area contributed by atoms with Crippen LogP contribution in [0.2, 0.25) is 0 Å². The van der Waals surface area contributed by atoms with Gasteiger partial charge in [-0.1, -0.05) is 12.1 Å². The molecule has 1 aromatic carbocycles. The first kappa shape index (κ1) is 11.7. The summed E-state index contributed by atoms with van der Waals surface area (Å²) in [6, 6.07) is 7.45. The molecule has 18 heavy (non-hydrogen) atoms. The van der Waals surface area contributed by atoms with Crippen LogP contribution < -0.4 is 5.32 Å². The third-order valence-electron chi connectivity index (χ3n) is 3.97. The van der Waals surface area contributed by atoms with E-state index in [9.17, 15) is 9.18 Å². The maximum atomic E-state index is 12.9. The van der Waals surface area contributed by atoms with Gasteiger partial charge in [-0.15, -0.1) is 0 Å². The number of piperidine rings is 1. The van der Waals surface area contributed by atoms with Gasteiger partial charge in [-0.3, -0.25) is 9.69 Å². The minimum atomic E-state index is -0.192. The largest absolute Gasteiger partial charge is 0.352 e. The molecular formula is C14H17FN2O. The summed E-state index contributed by atoms with van der Waals surface area (Å²) in [6.07, 6.45) is 2.59. The second kappa shape index (κ2) is 4.69. The van der Waals surface area contributed by atoms with Crippen LogP contribution in [-0.4, -0.2) is 29.4 Å². The molecule has 2 fully saturated rings. The van der Waals surface area contributed by atoms with Crippen molar-refractivity contribution in [3.8, 4) is 0 Å². The number of benzene rings is 1. The molecule has 1 aromatic rings. The first-order valence-electron chi connectivity index (χ1n) is 6.50. The van der Waals surface area contributed by atoms with Crippen LogP contribution in [0.3, 0.4) is 0 Å². The van der Waals surface area contributed by atoms with Crippen LogP contribution in [0.1, 0.15) is 24.8 Å². The van der Waals surface area contributed by atoms with E-state index < -0.39 is 0 Å². The van der Waals surface area contributed by atoms with Gasteiger partial charge in [0.05, 0.1) is 0 Å². The van der Waals surface area contributed by atoms with Crippen LogP contribution in [0.4, 0.5) is 4.39 Å². The third-order valence-corrected chi connectivity index (χ3v) is 3.97. The van der Waals surface area contributed by atoms with Crippen LogP contribution in [-0.2, 0) is 11.3 Å². The fourth-order valence-electron chi connectivity index (χ4n) is 3.05. The molecule has 1 N–H and O–H groups in total. The fraction of sp³-hybridized carbons (Fsp3) is 0.500. The number of fused-ring (bicyclic) bond motifs is 1. The minimum Gasteiger partial charge on any atom is -0.352 e. The molecule has 2 heterocycles. The average molecular weight is 248 g/mol. The fourth-order valence-corrected chi connectivity index (χ4v) is 3.05. The van der Waals surface area contributed by atoms with Crippen LogP contribution in [0.5, 0.6) is 0 Å². The van der Waals surface area contributed by atoms with Gasteiger partial charge in [-0.2, -0.15) is 0 Å². The van der Waals surface area contributed by atoms with Crippen molar-refractivity contribution >= 4 is 5.91 Å². The highest BCUT2D eigenvalue weighted by molar-refractivity contribution is 5.77. The molecule has 4 heteroatoms. The molecule has 0 bridgehead atoms. The van der Waals surface area contributed by atoms with Crippen LogP contribution >= 0.6 is 0 Å². The highest BCUT2D eigenvalue weighted by Crippen LogP contribution is 2.27. The Morgan fingerprint density at radius 2 is 2.06 bits per heavy atom. The zero-order valence-corrected chi connectivity index (χ0v) is 10.2. The Bertz CT molecular complexity index is 446. The van der Waals surface area contributed by atoms with E-state index in [4.69, 9.17) is 0 Å². The van der Waals surface area contributed by atoms with E-state index in [0.717, 1.165) is 31.5 Å². The molecule has 1 amide bonds. The number of hydrogen-bond acceptors (Lipinski definition) is 2. The van der Waals surface area contributed by atoms with Gasteiger partial charge >= 0.3 is 0 Å². The van der Waals surface area contributed by atoms with Gasteiger partial charge < -0.3 is 5.32 Å². The number of carbonyl (C=O) groups is 1. The minimum absolute atomic E-state index is 0.180. The first-order chi connectivity index (χ1) is 8.72. The number of rotatable bonds is 2. The molecule has 0 spiro atoms. The maximum Gasteiger partial charge on any atom is 0.220 e. The molecule has 3 rings (SSSR count). The van der Waals surface area contributed by atoms with Crippen LogP contribution in [0.15, 0.2) is 24.3 Å². The van der Waals surface area contributed by atoms with Crippen molar-refractivity contribution in [3.63, 3.8) is 0 Å². The van der Waals surface area contributed by atoms with Gasteiger partial charge in [-0.05, 0) is 30.5 Å². The number of hydrogen-bond donors (Lipinski definition) is 1. The van der Waals surface area contributed by atoms with E-state index in [1.54, 1.807) is 0 Å². The van der Waals surface area contributed by atoms with Crippen molar-refractivity contribution in [2.45, 2.75) is 37.9 Å². The maximum absolute atomic E-state index is 12.9. The highest BCUT2D eigenvalue weighted by atomic mass is 19.1. The number of nitrogens with zero attached hydrogens (tertiary/aromatic N) is 1. The highest BCUT2D eigenvalue weighted by Gasteiger charge is 2.37. The Morgan fingerprint density at radius 1 is 1.28 bits per heavy atom. The molecular weight excluding hydrogens is 231 g/mol. The third kappa shape index (κ3) is 2.25. The summed E-state index contributed by atoms with van der Waals surface area (Å²) in [5.74, 6) is -0.0112. The lowest BCUT2D eigenvalue weighted by atomic mass is 9.99. The summed E-state index contributed by atoms with van der Waals surface area (Å²) in [5.41, 5.74) is 1.13. The Balaban J connectivity index is 1.67. The SMILES string of the molecule is O=C1CC[C@H]2[C@@H](CCN2Cc2ccc(F)cc2)N1. The number of halogens is 1. The molecule has 0 aliphatic carbocycles. The molecule has 3 nitrogen and oxygen atoms in total. The molecule has 0 saturated carbocycles. The van der Waals surface area contributed by atoms with Gasteiger partial charge in [0.2, 0.25) is 5.91 Å². The summed E-state index contributed by atoms with van der Waals surface area (Å²) >= 11 is 0. The summed E-state index contributed by atoms with van der Waals surface area (Å²) in [7, 11) is 0. The first-order valence-corrected chi connectivity index (χ1v) is 6.50. The Kier molecular flexibility index (Phi) is 3.04. The van der Waals surface area contributed by atoms with Crippen molar-refractivity contribution in [2.24, 2.45) is 0 Å². The summed E-state index contributed by atoms with van der Waals surface area (Å²) in [6.45, 7) is 1.85. The lowest BCUT2D eigenvalue weighted by Crippen LogP contribution is -2.49. The van der Waals surface area contributed by atoms with Crippen molar-refractivity contribution in [1.82, 2.24) is 10.2 Å². The zero-order chi connectivity index (χ0) is 12.5. The van der Waals surface area contributed by atoms with E-state index in [0.29, 0.717) is 18.5 Å². The number of carbonyl (C=O) groups excluding carboxylic acids is 1. The number of likely N-dealkylation sites (tertiary alicyclic amines) is 1. The molecule has 0 unspecified atom stereocenters. The predicted octanol–water partition coefficient (Wildman–Crippen LogP) is 1.68. The van der Waals surface area contributed by atoms with E-state index in [-0.39, 0.29) is 11.7 Å². The van der Waals surface area contributed by atoms with E-state index >= 15 is 0 Å². The second-order valence-corrected chi connectivity index (χ2v) is 5.17. The molecule has 2 aliphatic heterocycles. The standard InChI is InChI=1S/C14H17FN2O/c15-11-3-1-10(2-4-11)9-17-8-7-12-13(17)5-6-14(18)16-12/h1-4,12-13H,5-9H2,(H,16,18)/t12-,13+/m1/s1. The van der Waals surface area contributed by atoms with E-state index in [1.165, 1.54) is 12.1 Å². The van der Waals surface area contributed by atoms with E-state index in [2.05, 4.69) is 10.2 Å². The molecule has 2 saturated heterocycles. The van der Waals surface area contributed by atoms with Gasteiger partial charge in [0.25, 0.3) is 0 Å². The molecule has 0 radical (unpaired) electrons. The quantitative estimate of drug-likeness (QED) is 0.863.